The Labute approximate surface area is 265 Å². The summed E-state index contributed by atoms with van der Waals surface area (Å²) in [5, 5.41) is 9.06. The average molecular weight is 588 g/mol. The molecule has 3 nitrogen and oxygen atoms in total. The summed E-state index contributed by atoms with van der Waals surface area (Å²) in [5.41, 5.74) is 12.3. The van der Waals surface area contributed by atoms with E-state index in [1.165, 1.54) is 87.7 Å². The summed E-state index contributed by atoms with van der Waals surface area (Å²) in [6, 6.07) is 36.0. The Kier molecular flexibility index (Phi) is 5.11. The van der Waals surface area contributed by atoms with Gasteiger partial charge in [-0.15, -0.1) is 6.42 Å². The van der Waals surface area contributed by atoms with Gasteiger partial charge < -0.3 is 13.5 Å². The molecule has 0 bridgehead atoms. The molecular weight excluding hydrogens is 558 g/mol. The zero-order chi connectivity index (χ0) is 30.5. The number of hydrogen-bond acceptors (Lipinski definition) is 0. The van der Waals surface area contributed by atoms with Crippen molar-refractivity contribution in [3.63, 3.8) is 0 Å². The van der Waals surface area contributed by atoms with Crippen LogP contribution in [0.1, 0.15) is 24.6 Å². The van der Waals surface area contributed by atoms with Crippen molar-refractivity contribution in [3.8, 4) is 18.0 Å². The first-order chi connectivity index (χ1) is 22.8. The minimum absolute atomic E-state index is 1.03. The molecule has 5 aromatic carbocycles. The van der Waals surface area contributed by atoms with Gasteiger partial charge in [-0.05, 0) is 86.0 Å². The van der Waals surface area contributed by atoms with E-state index in [1.54, 1.807) is 6.08 Å². The molecule has 0 amide bonds. The molecule has 46 heavy (non-hydrogen) atoms. The highest BCUT2D eigenvalue weighted by molar-refractivity contribution is 6.27. The lowest BCUT2D eigenvalue weighted by molar-refractivity contribution is 0.974. The Morgan fingerprint density at radius 2 is 1.39 bits per heavy atom. The summed E-state index contributed by atoms with van der Waals surface area (Å²) in [4.78, 5) is 0. The number of benzene rings is 5. The summed E-state index contributed by atoms with van der Waals surface area (Å²) >= 11 is 0. The Morgan fingerprint density at radius 3 is 2.17 bits per heavy atom. The number of para-hydroxylation sites is 3. The second-order valence-corrected chi connectivity index (χ2v) is 12.4. The smallest absolute Gasteiger partial charge is 0.0620 e. The topological polar surface area (TPSA) is 14.3 Å². The molecule has 0 atom stereocenters. The van der Waals surface area contributed by atoms with Gasteiger partial charge in [0.05, 0.1) is 33.1 Å². The van der Waals surface area contributed by atoms with E-state index >= 15 is 0 Å². The number of nitrogens with zero attached hydrogens (tertiary/aromatic N) is 3. The second-order valence-electron chi connectivity index (χ2n) is 12.4. The van der Waals surface area contributed by atoms with Gasteiger partial charge in [0.15, 0.2) is 0 Å². The lowest BCUT2D eigenvalue weighted by Crippen LogP contribution is -2.00. The fourth-order valence-electron chi connectivity index (χ4n) is 8.23. The Hall–Kier alpha value is -5.98. The number of fused-ring (bicyclic) bond motifs is 12. The summed E-state index contributed by atoms with van der Waals surface area (Å²) in [6.07, 6.45) is 18.3. The predicted octanol–water partition coefficient (Wildman–Crippen LogP) is 10.9. The molecule has 0 radical (unpaired) electrons. The van der Waals surface area contributed by atoms with E-state index in [2.05, 4.69) is 142 Å². The van der Waals surface area contributed by atoms with Crippen LogP contribution in [0.25, 0.3) is 88.3 Å². The zero-order valence-corrected chi connectivity index (χ0v) is 25.5. The zero-order valence-electron chi connectivity index (χ0n) is 25.5. The van der Waals surface area contributed by atoms with Crippen LogP contribution in [0, 0.1) is 12.3 Å². The maximum Gasteiger partial charge on any atom is 0.0620 e. The molecule has 4 heterocycles. The SMILES string of the molecule is C#C/C=C\C(=C/C)n1c2c(c3cc4c5cccc6c7cc8c9ccccc9n(-c9ccccc9)c8cc7n(c4cc31)c56)CCC=C2. The van der Waals surface area contributed by atoms with Gasteiger partial charge in [-0.3, -0.25) is 0 Å². The lowest BCUT2D eigenvalue weighted by Gasteiger charge is -2.12. The summed E-state index contributed by atoms with van der Waals surface area (Å²) in [5.74, 6) is 2.69. The van der Waals surface area contributed by atoms with Gasteiger partial charge in [0.1, 0.15) is 0 Å². The van der Waals surface area contributed by atoms with Crippen molar-refractivity contribution >= 4 is 82.6 Å². The van der Waals surface area contributed by atoms with Crippen molar-refractivity contribution in [2.75, 3.05) is 0 Å². The third kappa shape index (κ3) is 3.18. The van der Waals surface area contributed by atoms with Crippen LogP contribution in [0.5, 0.6) is 0 Å². The third-order valence-electron chi connectivity index (χ3n) is 10.1. The van der Waals surface area contributed by atoms with Crippen LogP contribution in [0.4, 0.5) is 0 Å². The van der Waals surface area contributed by atoms with E-state index in [0.29, 0.717) is 0 Å². The van der Waals surface area contributed by atoms with Crippen molar-refractivity contribution < 1.29 is 0 Å². The van der Waals surface area contributed by atoms with Crippen LogP contribution in [-0.4, -0.2) is 13.5 Å². The predicted molar refractivity (Wildman–Crippen MR) is 196 cm³/mol. The molecule has 1 aliphatic carbocycles. The van der Waals surface area contributed by atoms with Crippen LogP contribution in [-0.2, 0) is 6.42 Å². The summed E-state index contributed by atoms with van der Waals surface area (Å²) in [7, 11) is 0. The van der Waals surface area contributed by atoms with Gasteiger partial charge in [-0.1, -0.05) is 72.7 Å². The van der Waals surface area contributed by atoms with Crippen molar-refractivity contribution in [2.45, 2.75) is 19.8 Å². The standard InChI is InChI=1S/C43H29N3/c1-3-5-14-27(4-2)44-37-21-11-9-17-29(37)33-23-35-31-19-13-20-32-36-24-34-30-18-10-12-22-38(30)45(28-15-7-6-8-16-28)40(34)26-42(36)46(43(31)32)41(35)25-39(33)44/h1,4-8,10-16,18-26H,9,17H2,2H3/b14-5-,27-4+. The first kappa shape index (κ1) is 25.4. The quantitative estimate of drug-likeness (QED) is 0.144. The van der Waals surface area contributed by atoms with Gasteiger partial charge in [-0.25, -0.2) is 0 Å². The highest BCUT2D eigenvalue weighted by Gasteiger charge is 2.24. The maximum absolute atomic E-state index is 5.66. The minimum atomic E-state index is 1.03. The van der Waals surface area contributed by atoms with Crippen LogP contribution < -0.4 is 0 Å². The molecule has 1 aliphatic rings. The average Bonchev–Trinajstić information content (AvgIpc) is 3.81. The van der Waals surface area contributed by atoms with Gasteiger partial charge in [0.25, 0.3) is 0 Å². The third-order valence-corrected chi connectivity index (χ3v) is 10.1. The van der Waals surface area contributed by atoms with Gasteiger partial charge >= 0.3 is 0 Å². The molecule has 0 saturated heterocycles. The van der Waals surface area contributed by atoms with Gasteiger partial charge in [0.2, 0.25) is 0 Å². The molecule has 3 heteroatoms. The molecule has 9 aromatic rings. The van der Waals surface area contributed by atoms with E-state index in [4.69, 9.17) is 6.42 Å². The molecule has 216 valence electrons. The van der Waals surface area contributed by atoms with E-state index in [0.717, 1.165) is 18.5 Å². The number of hydrogen-bond donors (Lipinski definition) is 0. The van der Waals surface area contributed by atoms with Crippen molar-refractivity contribution in [1.29, 1.82) is 0 Å². The largest absolute Gasteiger partial charge is 0.310 e. The van der Waals surface area contributed by atoms with Crippen LogP contribution in [0.15, 0.2) is 121 Å². The van der Waals surface area contributed by atoms with E-state index < -0.39 is 0 Å². The Bertz CT molecular complexity index is 2860. The highest BCUT2D eigenvalue weighted by Crippen LogP contribution is 2.45. The number of allylic oxidation sites excluding steroid dienone is 5. The minimum Gasteiger partial charge on any atom is -0.310 e. The molecule has 0 fully saturated rings. The fraction of sp³-hybridized carbons (Fsp3) is 0.0698. The molecule has 0 spiro atoms. The van der Waals surface area contributed by atoms with E-state index in [-0.39, 0.29) is 0 Å². The first-order valence-electron chi connectivity index (χ1n) is 16.0. The maximum atomic E-state index is 5.66. The Balaban J connectivity index is 1.39. The summed E-state index contributed by atoms with van der Waals surface area (Å²) < 4.78 is 7.32. The normalized spacial score (nSPS) is 14.0. The summed E-state index contributed by atoms with van der Waals surface area (Å²) in [6.45, 7) is 2.09. The van der Waals surface area contributed by atoms with Crippen LogP contribution in [0.2, 0.25) is 0 Å². The van der Waals surface area contributed by atoms with Crippen LogP contribution in [0.3, 0.4) is 0 Å². The molecule has 0 aliphatic heterocycles. The number of aryl methyl sites for hydroxylation is 1. The van der Waals surface area contributed by atoms with E-state index in [1.807, 2.05) is 6.08 Å². The number of rotatable bonds is 3. The van der Waals surface area contributed by atoms with Gasteiger partial charge in [0, 0.05) is 54.8 Å². The number of aromatic nitrogens is 3. The highest BCUT2D eigenvalue weighted by atomic mass is 15.0. The molecule has 0 saturated carbocycles. The first-order valence-corrected chi connectivity index (χ1v) is 16.0. The van der Waals surface area contributed by atoms with Crippen molar-refractivity contribution in [1.82, 2.24) is 13.5 Å². The monoisotopic (exact) mass is 587 g/mol. The lowest BCUT2D eigenvalue weighted by atomic mass is 9.99. The van der Waals surface area contributed by atoms with Crippen LogP contribution >= 0.6 is 0 Å². The molecule has 0 unspecified atom stereocenters. The molecule has 4 aromatic heterocycles. The van der Waals surface area contributed by atoms with Crippen molar-refractivity contribution in [2.24, 2.45) is 0 Å². The fourth-order valence-corrected chi connectivity index (χ4v) is 8.23. The Morgan fingerprint density at radius 1 is 0.696 bits per heavy atom. The molecular formula is C43H29N3. The molecule has 10 rings (SSSR count). The number of terminal acetylenes is 1. The molecule has 0 N–H and O–H groups in total. The second kappa shape index (κ2) is 9.27. The van der Waals surface area contributed by atoms with Gasteiger partial charge in [-0.2, -0.15) is 0 Å². The van der Waals surface area contributed by atoms with Crippen molar-refractivity contribution in [3.05, 3.63) is 133 Å². The van der Waals surface area contributed by atoms with E-state index in [9.17, 15) is 0 Å².